The van der Waals surface area contributed by atoms with Gasteiger partial charge < -0.3 is 10.2 Å². The second-order valence-corrected chi connectivity index (χ2v) is 4.98. The maximum Gasteiger partial charge on any atom is 0.244 e. The molecule has 1 aromatic rings. The Balaban J connectivity index is 2.51. The summed E-state index contributed by atoms with van der Waals surface area (Å²) in [7, 11) is 3.99. The summed E-state index contributed by atoms with van der Waals surface area (Å²) in [6.45, 7) is 6.55. The second-order valence-electron chi connectivity index (χ2n) is 4.98. The molecule has 0 saturated heterocycles. The van der Waals surface area contributed by atoms with Crippen molar-refractivity contribution in [1.29, 1.82) is 0 Å². The fraction of sp³-hybridized carbons (Fsp3) is 0.727. The minimum absolute atomic E-state index is 0.0505. The van der Waals surface area contributed by atoms with Crippen LogP contribution in [0.25, 0.3) is 0 Å². The zero-order chi connectivity index (χ0) is 13.1. The normalized spacial score (nSPS) is 13.8. The van der Waals surface area contributed by atoms with Crippen molar-refractivity contribution in [1.82, 2.24) is 25.0 Å². The van der Waals surface area contributed by atoms with Gasteiger partial charge in [0.15, 0.2) is 0 Å². The Bertz CT molecular complexity index is 358. The molecule has 1 rings (SSSR count). The van der Waals surface area contributed by atoms with E-state index in [4.69, 9.17) is 0 Å². The van der Waals surface area contributed by atoms with Gasteiger partial charge in [0.2, 0.25) is 5.91 Å². The van der Waals surface area contributed by atoms with Gasteiger partial charge in [-0.15, -0.1) is 0 Å². The average Bonchev–Trinajstić information content (AvgIpc) is 2.78. The van der Waals surface area contributed by atoms with Crippen LogP contribution in [-0.2, 0) is 4.79 Å². The van der Waals surface area contributed by atoms with Crippen LogP contribution in [0.2, 0.25) is 0 Å². The van der Waals surface area contributed by atoms with E-state index in [1.54, 1.807) is 13.3 Å². The first-order chi connectivity index (χ1) is 7.84. The molecule has 1 aromatic heterocycles. The maximum atomic E-state index is 11.9. The molecule has 1 amide bonds. The third-order valence-electron chi connectivity index (χ3n) is 3.12. The Morgan fingerprint density at radius 1 is 1.53 bits per heavy atom. The lowest BCUT2D eigenvalue weighted by Gasteiger charge is -2.33. The molecule has 0 aliphatic heterocycles. The summed E-state index contributed by atoms with van der Waals surface area (Å²) in [6.07, 6.45) is 2.97. The van der Waals surface area contributed by atoms with Gasteiger partial charge in [-0.25, -0.2) is 9.67 Å². The predicted octanol–water partition coefficient (Wildman–Crippen LogP) is 0.296. The smallest absolute Gasteiger partial charge is 0.244 e. The first-order valence-electron chi connectivity index (χ1n) is 5.64. The van der Waals surface area contributed by atoms with Gasteiger partial charge in [0.1, 0.15) is 18.7 Å². The SMILES string of the molecule is C[C@@H](C(=O)NCC(C)(C)N(C)C)n1cncn1. The summed E-state index contributed by atoms with van der Waals surface area (Å²) in [6, 6.07) is -0.338. The van der Waals surface area contributed by atoms with Crippen molar-refractivity contribution in [2.45, 2.75) is 32.4 Å². The quantitative estimate of drug-likeness (QED) is 0.802. The molecule has 1 N–H and O–H groups in total. The molecule has 0 fully saturated rings. The third-order valence-corrected chi connectivity index (χ3v) is 3.12. The summed E-state index contributed by atoms with van der Waals surface area (Å²) >= 11 is 0. The van der Waals surface area contributed by atoms with Crippen molar-refractivity contribution in [2.24, 2.45) is 0 Å². The van der Waals surface area contributed by atoms with Gasteiger partial charge in [-0.05, 0) is 34.9 Å². The van der Waals surface area contributed by atoms with E-state index in [1.165, 1.54) is 11.0 Å². The second kappa shape index (κ2) is 5.27. The van der Waals surface area contributed by atoms with E-state index in [0.717, 1.165) is 0 Å². The summed E-state index contributed by atoms with van der Waals surface area (Å²) in [5.41, 5.74) is -0.0717. The lowest BCUT2D eigenvalue weighted by Crippen LogP contribution is -2.49. The zero-order valence-corrected chi connectivity index (χ0v) is 11.1. The zero-order valence-electron chi connectivity index (χ0n) is 11.1. The highest BCUT2D eigenvalue weighted by Gasteiger charge is 2.23. The number of aromatic nitrogens is 3. The molecule has 0 bridgehead atoms. The molecule has 0 radical (unpaired) electrons. The maximum absolute atomic E-state index is 11.9. The Labute approximate surface area is 102 Å². The van der Waals surface area contributed by atoms with Gasteiger partial charge in [-0.2, -0.15) is 5.10 Å². The number of carbonyl (C=O) groups is 1. The molecule has 96 valence electrons. The number of amides is 1. The topological polar surface area (TPSA) is 63.1 Å². The van der Waals surface area contributed by atoms with Crippen LogP contribution >= 0.6 is 0 Å². The lowest BCUT2D eigenvalue weighted by molar-refractivity contribution is -0.124. The van der Waals surface area contributed by atoms with Crippen LogP contribution in [0.5, 0.6) is 0 Å². The molecule has 0 aliphatic rings. The lowest BCUT2D eigenvalue weighted by atomic mass is 10.0. The molecule has 0 aliphatic carbocycles. The first-order valence-corrected chi connectivity index (χ1v) is 5.64. The van der Waals surface area contributed by atoms with Crippen LogP contribution in [-0.4, -0.2) is 51.8 Å². The molecule has 0 aromatic carbocycles. The fourth-order valence-corrected chi connectivity index (χ4v) is 1.15. The Morgan fingerprint density at radius 3 is 2.65 bits per heavy atom. The number of hydrogen-bond acceptors (Lipinski definition) is 4. The Morgan fingerprint density at radius 2 is 2.18 bits per heavy atom. The highest BCUT2D eigenvalue weighted by molar-refractivity contribution is 5.79. The van der Waals surface area contributed by atoms with E-state index in [2.05, 4.69) is 34.1 Å². The average molecular weight is 239 g/mol. The summed E-state index contributed by atoms with van der Waals surface area (Å²) in [4.78, 5) is 17.8. The van der Waals surface area contributed by atoms with Crippen LogP contribution in [0.1, 0.15) is 26.8 Å². The number of rotatable bonds is 5. The highest BCUT2D eigenvalue weighted by atomic mass is 16.2. The van der Waals surface area contributed by atoms with Crippen molar-refractivity contribution in [2.75, 3.05) is 20.6 Å². The van der Waals surface area contributed by atoms with Gasteiger partial charge in [0.25, 0.3) is 0 Å². The Kier molecular flexibility index (Phi) is 4.22. The van der Waals surface area contributed by atoms with E-state index in [9.17, 15) is 4.79 Å². The third kappa shape index (κ3) is 3.52. The minimum Gasteiger partial charge on any atom is -0.352 e. The molecule has 6 heteroatoms. The van der Waals surface area contributed by atoms with Crippen molar-refractivity contribution < 1.29 is 4.79 Å². The molecular formula is C11H21N5O. The number of likely N-dealkylation sites (N-methyl/N-ethyl adjacent to an activating group) is 1. The molecule has 0 unspecified atom stereocenters. The largest absolute Gasteiger partial charge is 0.352 e. The van der Waals surface area contributed by atoms with E-state index < -0.39 is 0 Å². The first kappa shape index (κ1) is 13.6. The summed E-state index contributed by atoms with van der Waals surface area (Å²) < 4.78 is 1.54. The molecule has 6 nitrogen and oxygen atoms in total. The van der Waals surface area contributed by atoms with Gasteiger partial charge >= 0.3 is 0 Å². The van der Waals surface area contributed by atoms with Crippen molar-refractivity contribution in [3.63, 3.8) is 0 Å². The van der Waals surface area contributed by atoms with E-state index >= 15 is 0 Å². The van der Waals surface area contributed by atoms with Crippen LogP contribution in [0.15, 0.2) is 12.7 Å². The number of carbonyl (C=O) groups excluding carboxylic acids is 1. The number of nitrogens with zero attached hydrogens (tertiary/aromatic N) is 4. The molecule has 1 heterocycles. The van der Waals surface area contributed by atoms with E-state index in [0.29, 0.717) is 6.54 Å². The van der Waals surface area contributed by atoms with E-state index in [1.807, 2.05) is 14.1 Å². The van der Waals surface area contributed by atoms with Crippen molar-refractivity contribution >= 4 is 5.91 Å². The van der Waals surface area contributed by atoms with Gasteiger partial charge in [-0.1, -0.05) is 0 Å². The summed E-state index contributed by atoms with van der Waals surface area (Å²) in [5, 5.41) is 6.87. The van der Waals surface area contributed by atoms with Crippen LogP contribution in [0.4, 0.5) is 0 Å². The Hall–Kier alpha value is -1.43. The molecular weight excluding hydrogens is 218 g/mol. The fourth-order valence-electron chi connectivity index (χ4n) is 1.15. The molecule has 17 heavy (non-hydrogen) atoms. The van der Waals surface area contributed by atoms with Gasteiger partial charge in [0.05, 0.1) is 0 Å². The van der Waals surface area contributed by atoms with Crippen LogP contribution in [0, 0.1) is 0 Å². The van der Waals surface area contributed by atoms with Crippen molar-refractivity contribution in [3.05, 3.63) is 12.7 Å². The van der Waals surface area contributed by atoms with E-state index in [-0.39, 0.29) is 17.5 Å². The van der Waals surface area contributed by atoms with Crippen LogP contribution < -0.4 is 5.32 Å². The molecule has 0 saturated carbocycles. The van der Waals surface area contributed by atoms with Crippen LogP contribution in [0.3, 0.4) is 0 Å². The van der Waals surface area contributed by atoms with Gasteiger partial charge in [-0.3, -0.25) is 4.79 Å². The highest BCUT2D eigenvalue weighted by Crippen LogP contribution is 2.09. The molecule has 0 spiro atoms. The monoisotopic (exact) mass is 239 g/mol. The van der Waals surface area contributed by atoms with Gasteiger partial charge in [0, 0.05) is 12.1 Å². The minimum atomic E-state index is -0.338. The predicted molar refractivity (Wildman–Crippen MR) is 65.5 cm³/mol. The molecule has 1 atom stereocenters. The number of nitrogens with one attached hydrogen (secondary N) is 1. The summed E-state index contributed by atoms with van der Waals surface area (Å²) in [5.74, 6) is -0.0505. The standard InChI is InChI=1S/C11H21N5O/c1-9(16-8-12-7-14-16)10(17)13-6-11(2,3)15(4)5/h7-9H,6H2,1-5H3,(H,13,17)/t9-/m0/s1. The van der Waals surface area contributed by atoms with Crippen molar-refractivity contribution in [3.8, 4) is 0 Å². The number of hydrogen-bond donors (Lipinski definition) is 1.